The molecule has 0 fully saturated rings. The molecule has 1 rings (SSSR count). The van der Waals surface area contributed by atoms with Gasteiger partial charge < -0.3 is 7.85 Å². The second kappa shape index (κ2) is 2.23. The maximum absolute atomic E-state index is 11.7. The molecule has 53 valence electrons. The van der Waals surface area contributed by atoms with Gasteiger partial charge in [0.2, 0.25) is 5.01 Å². The van der Waals surface area contributed by atoms with Crippen LogP contribution in [-0.2, 0) is 6.18 Å². The van der Waals surface area contributed by atoms with Crippen molar-refractivity contribution < 1.29 is 13.2 Å². The predicted molar refractivity (Wildman–Crippen MR) is 30.3 cm³/mol. The minimum Gasteiger partial charge on any atom is -0.535 e. The van der Waals surface area contributed by atoms with Crippen molar-refractivity contribution in [3.63, 3.8) is 0 Å². The minimum absolute atomic E-state index is 0.174. The number of rotatable bonds is 0. The van der Waals surface area contributed by atoms with E-state index in [9.17, 15) is 13.2 Å². The molecule has 0 spiro atoms. The SMILES string of the molecule is [B-]c1nnc(C(F)(F)F)s1. The molecule has 1 aromatic heterocycles. The summed E-state index contributed by atoms with van der Waals surface area (Å²) in [7, 11) is 4.92. The lowest BCUT2D eigenvalue weighted by atomic mass is 10.2. The Labute approximate surface area is 59.5 Å². The van der Waals surface area contributed by atoms with Crippen LogP contribution in [0.5, 0.6) is 0 Å². The number of aromatic nitrogens is 2. The largest absolute Gasteiger partial charge is 0.535 e. The van der Waals surface area contributed by atoms with E-state index in [0.717, 1.165) is 0 Å². The van der Waals surface area contributed by atoms with Gasteiger partial charge in [0.1, 0.15) is 0 Å². The van der Waals surface area contributed by atoms with Crippen LogP contribution in [0.4, 0.5) is 13.2 Å². The van der Waals surface area contributed by atoms with Crippen molar-refractivity contribution in [2.45, 2.75) is 6.18 Å². The Kier molecular flexibility index (Phi) is 1.67. The van der Waals surface area contributed by atoms with Gasteiger partial charge in [-0.05, 0) is 0 Å². The van der Waals surface area contributed by atoms with Crippen molar-refractivity contribution in [2.24, 2.45) is 0 Å². The molecule has 10 heavy (non-hydrogen) atoms. The molecular formula is C3BF3N2S-. The third kappa shape index (κ3) is 1.47. The van der Waals surface area contributed by atoms with Gasteiger partial charge in [-0.25, -0.2) is 0 Å². The molecule has 0 amide bonds. The summed E-state index contributed by atoms with van der Waals surface area (Å²) in [5.41, 5.74) is 0. The zero-order valence-corrected chi connectivity index (χ0v) is 5.33. The highest BCUT2D eigenvalue weighted by molar-refractivity contribution is 7.19. The number of hydrogen-bond donors (Lipinski definition) is 0. The normalized spacial score (nSPS) is 12.0. The molecule has 0 bridgehead atoms. The van der Waals surface area contributed by atoms with Crippen LogP contribution in [0.25, 0.3) is 0 Å². The highest BCUT2D eigenvalue weighted by Gasteiger charge is 2.34. The summed E-state index contributed by atoms with van der Waals surface area (Å²) < 4.78 is 35.0. The summed E-state index contributed by atoms with van der Waals surface area (Å²) in [4.78, 5) is -0.174. The lowest BCUT2D eigenvalue weighted by Gasteiger charge is -1.98. The number of hydrogen-bond acceptors (Lipinski definition) is 3. The van der Waals surface area contributed by atoms with Crippen molar-refractivity contribution in [1.82, 2.24) is 10.2 Å². The third-order valence-electron chi connectivity index (χ3n) is 0.683. The van der Waals surface area contributed by atoms with E-state index >= 15 is 0 Å². The molecule has 0 aromatic carbocycles. The molecule has 0 unspecified atom stereocenters. The molecule has 0 N–H and O–H groups in total. The number of nitrogens with zero attached hydrogens (tertiary/aromatic N) is 2. The standard InChI is InChI=1S/C3BF3N2S/c4-2-9-8-1(10-2)3(5,6)7/q-1. The van der Waals surface area contributed by atoms with E-state index in [0.29, 0.717) is 11.3 Å². The Morgan fingerprint density at radius 3 is 2.10 bits per heavy atom. The van der Waals surface area contributed by atoms with Gasteiger partial charge in [0.15, 0.2) is 0 Å². The van der Waals surface area contributed by atoms with Gasteiger partial charge in [0.05, 0.1) is 0 Å². The van der Waals surface area contributed by atoms with Crippen molar-refractivity contribution in [3.8, 4) is 0 Å². The molecule has 7 heteroatoms. The quantitative estimate of drug-likeness (QED) is 0.517. The van der Waals surface area contributed by atoms with Crippen molar-refractivity contribution >= 4 is 24.1 Å². The van der Waals surface area contributed by atoms with E-state index in [1.807, 2.05) is 0 Å². The van der Waals surface area contributed by atoms with Crippen LogP contribution in [0.1, 0.15) is 5.01 Å². The van der Waals surface area contributed by atoms with Crippen LogP contribution in [0.2, 0.25) is 0 Å². The first-order valence-electron chi connectivity index (χ1n) is 2.16. The first kappa shape index (κ1) is 7.52. The lowest BCUT2D eigenvalue weighted by molar-refractivity contribution is -0.138. The van der Waals surface area contributed by atoms with Gasteiger partial charge in [0, 0.05) is 0 Å². The zero-order chi connectivity index (χ0) is 7.78. The summed E-state index contributed by atoms with van der Waals surface area (Å²) in [5, 5.41) is 4.81. The maximum atomic E-state index is 11.7. The second-order valence-electron chi connectivity index (χ2n) is 1.44. The fourth-order valence-corrected chi connectivity index (χ4v) is 0.826. The van der Waals surface area contributed by atoms with E-state index in [4.69, 9.17) is 7.85 Å². The highest BCUT2D eigenvalue weighted by atomic mass is 32.1. The van der Waals surface area contributed by atoms with Crippen molar-refractivity contribution in [2.75, 3.05) is 0 Å². The smallest absolute Gasteiger partial charge is 0.444 e. The van der Waals surface area contributed by atoms with Crippen LogP contribution in [0.3, 0.4) is 0 Å². The summed E-state index contributed by atoms with van der Waals surface area (Å²) in [6.45, 7) is 0. The molecule has 3 radical (unpaired) electrons. The van der Waals surface area contributed by atoms with Crippen LogP contribution >= 0.6 is 11.3 Å². The molecule has 0 aliphatic heterocycles. The van der Waals surface area contributed by atoms with Crippen LogP contribution in [-0.4, -0.2) is 18.0 Å². The predicted octanol–water partition coefficient (Wildman–Crippen LogP) is 0.351. The van der Waals surface area contributed by atoms with Gasteiger partial charge in [-0.2, -0.15) is 23.2 Å². The lowest BCUT2D eigenvalue weighted by Crippen LogP contribution is -2.03. The molecule has 1 heterocycles. The third-order valence-corrected chi connectivity index (χ3v) is 1.48. The number of alkyl halides is 3. The molecule has 0 atom stereocenters. The Morgan fingerprint density at radius 1 is 1.30 bits per heavy atom. The Morgan fingerprint density at radius 2 is 1.90 bits per heavy atom. The number of halogens is 3. The second-order valence-corrected chi connectivity index (χ2v) is 2.45. The topological polar surface area (TPSA) is 25.8 Å². The van der Waals surface area contributed by atoms with Gasteiger partial charge in [0.25, 0.3) is 0 Å². The Balaban J connectivity index is 2.96. The van der Waals surface area contributed by atoms with Crippen molar-refractivity contribution in [3.05, 3.63) is 5.01 Å². The van der Waals surface area contributed by atoms with Crippen LogP contribution in [0, 0.1) is 0 Å². The molecular weight excluding hydrogens is 164 g/mol. The summed E-state index contributed by atoms with van der Waals surface area (Å²) in [6, 6.07) is 0. The Bertz CT molecular complexity index is 232. The van der Waals surface area contributed by atoms with E-state index in [2.05, 4.69) is 10.2 Å². The zero-order valence-electron chi connectivity index (χ0n) is 4.51. The van der Waals surface area contributed by atoms with E-state index in [1.165, 1.54) is 0 Å². The van der Waals surface area contributed by atoms with Gasteiger partial charge in [-0.1, -0.05) is 0 Å². The van der Waals surface area contributed by atoms with Gasteiger partial charge >= 0.3 is 6.18 Å². The van der Waals surface area contributed by atoms with Crippen molar-refractivity contribution in [1.29, 1.82) is 0 Å². The molecule has 0 aliphatic rings. The molecule has 0 saturated carbocycles. The average molecular weight is 164 g/mol. The fourth-order valence-electron chi connectivity index (χ4n) is 0.349. The van der Waals surface area contributed by atoms with Crippen LogP contribution < -0.4 is 4.91 Å². The fraction of sp³-hybridized carbons (Fsp3) is 0.333. The van der Waals surface area contributed by atoms with E-state index < -0.39 is 11.2 Å². The summed E-state index contributed by atoms with van der Waals surface area (Å²) >= 11 is 0.325. The molecule has 1 aromatic rings. The van der Waals surface area contributed by atoms with E-state index in [1.54, 1.807) is 0 Å². The van der Waals surface area contributed by atoms with Gasteiger partial charge in [-0.3, -0.25) is 0 Å². The average Bonchev–Trinajstić information content (AvgIpc) is 2.11. The molecule has 0 saturated heterocycles. The van der Waals surface area contributed by atoms with E-state index in [-0.39, 0.29) is 4.91 Å². The first-order chi connectivity index (χ1) is 4.50. The van der Waals surface area contributed by atoms with Gasteiger partial charge in [-0.15, -0.1) is 16.4 Å². The highest BCUT2D eigenvalue weighted by Crippen LogP contribution is 2.28. The first-order valence-corrected chi connectivity index (χ1v) is 2.98. The minimum atomic E-state index is -4.42. The van der Waals surface area contributed by atoms with Crippen LogP contribution in [0.15, 0.2) is 0 Å². The summed E-state index contributed by atoms with van der Waals surface area (Å²) in [5.74, 6) is 0. The summed E-state index contributed by atoms with van der Waals surface area (Å²) in [6.07, 6.45) is -4.42. The molecule has 2 nitrogen and oxygen atoms in total. The Hall–Kier alpha value is -0.585. The molecule has 0 aliphatic carbocycles. The monoisotopic (exact) mass is 164 g/mol. The maximum Gasteiger partial charge on any atom is 0.444 e.